The minimum atomic E-state index is -3.43. The second kappa shape index (κ2) is 9.38. The summed E-state index contributed by atoms with van der Waals surface area (Å²) in [6.07, 6.45) is 3.17. The molecule has 1 amide bonds. The van der Waals surface area contributed by atoms with Crippen LogP contribution in [0.3, 0.4) is 0 Å². The third-order valence-electron chi connectivity index (χ3n) is 4.17. The summed E-state index contributed by atoms with van der Waals surface area (Å²) in [5.74, 6) is 0.216. The van der Waals surface area contributed by atoms with Crippen LogP contribution in [0.4, 0.5) is 5.69 Å². The fourth-order valence-corrected chi connectivity index (χ4v) is 3.76. The molecule has 0 fully saturated rings. The molecule has 3 rings (SSSR count). The maximum Gasteiger partial charge on any atom is 0.276 e. The third-order valence-corrected chi connectivity index (χ3v) is 5.49. The number of nitrogens with zero attached hydrogens (tertiary/aromatic N) is 2. The van der Waals surface area contributed by atoms with Crippen LogP contribution < -0.4 is 14.8 Å². The van der Waals surface area contributed by atoms with Crippen molar-refractivity contribution in [2.75, 3.05) is 19.0 Å². The van der Waals surface area contributed by atoms with Crippen molar-refractivity contribution in [1.29, 1.82) is 0 Å². The smallest absolute Gasteiger partial charge is 0.276 e. The van der Waals surface area contributed by atoms with Crippen LogP contribution in [0.1, 0.15) is 16.1 Å². The average Bonchev–Trinajstić information content (AvgIpc) is 3.24. The van der Waals surface area contributed by atoms with E-state index in [0.29, 0.717) is 11.3 Å². The number of amides is 1. The second-order valence-corrected chi connectivity index (χ2v) is 8.20. The lowest BCUT2D eigenvalue weighted by atomic mass is 10.2. The molecule has 30 heavy (non-hydrogen) atoms. The van der Waals surface area contributed by atoms with Gasteiger partial charge < -0.3 is 10.1 Å². The first-order valence-electron chi connectivity index (χ1n) is 9.09. The topological polar surface area (TPSA) is 102 Å². The number of anilines is 1. The van der Waals surface area contributed by atoms with E-state index >= 15 is 0 Å². The number of ether oxygens (including phenoxy) is 1. The summed E-state index contributed by atoms with van der Waals surface area (Å²) in [6.45, 7) is 3.66. The summed E-state index contributed by atoms with van der Waals surface area (Å²) in [6, 6.07) is 15.5. The minimum absolute atomic E-state index is 0.151. The molecule has 0 radical (unpaired) electrons. The van der Waals surface area contributed by atoms with Crippen LogP contribution in [0.5, 0.6) is 5.75 Å². The molecule has 0 spiro atoms. The molecule has 0 unspecified atom stereocenters. The maximum absolute atomic E-state index is 12.5. The number of carbonyl (C=O) groups is 1. The van der Waals surface area contributed by atoms with Gasteiger partial charge in [-0.15, -0.1) is 6.58 Å². The van der Waals surface area contributed by atoms with Crippen molar-refractivity contribution in [3.63, 3.8) is 0 Å². The van der Waals surface area contributed by atoms with Gasteiger partial charge in [0.25, 0.3) is 5.91 Å². The Hall–Kier alpha value is -3.43. The Kier molecular flexibility index (Phi) is 6.65. The highest BCUT2D eigenvalue weighted by Gasteiger charge is 2.13. The molecule has 2 N–H and O–H groups in total. The Morgan fingerprint density at radius 3 is 2.47 bits per heavy atom. The molecule has 0 saturated heterocycles. The molecule has 1 heterocycles. The fourth-order valence-electron chi connectivity index (χ4n) is 2.66. The van der Waals surface area contributed by atoms with Crippen LogP contribution in [-0.4, -0.2) is 37.8 Å². The fraction of sp³-hybridized carbons (Fsp3) is 0.143. The van der Waals surface area contributed by atoms with Gasteiger partial charge in [0.1, 0.15) is 5.75 Å². The monoisotopic (exact) mass is 426 g/mol. The van der Waals surface area contributed by atoms with Gasteiger partial charge in [-0.3, -0.25) is 4.79 Å². The van der Waals surface area contributed by atoms with E-state index in [0.717, 1.165) is 11.4 Å². The van der Waals surface area contributed by atoms with E-state index in [-0.39, 0.29) is 23.9 Å². The van der Waals surface area contributed by atoms with Crippen LogP contribution >= 0.6 is 0 Å². The lowest BCUT2D eigenvalue weighted by Crippen LogP contribution is -2.25. The number of hydrogen-bond donors (Lipinski definition) is 2. The Morgan fingerprint density at radius 1 is 1.13 bits per heavy atom. The zero-order chi connectivity index (χ0) is 21.6. The van der Waals surface area contributed by atoms with Crippen molar-refractivity contribution in [1.82, 2.24) is 14.5 Å². The number of hydrogen-bond acceptors (Lipinski definition) is 5. The van der Waals surface area contributed by atoms with Gasteiger partial charge in [0.05, 0.1) is 18.6 Å². The second-order valence-electron chi connectivity index (χ2n) is 6.39. The Balaban J connectivity index is 1.63. The minimum Gasteiger partial charge on any atom is -0.497 e. The summed E-state index contributed by atoms with van der Waals surface area (Å²) < 4.78 is 33.0. The predicted molar refractivity (Wildman–Crippen MR) is 115 cm³/mol. The molecule has 0 aliphatic rings. The van der Waals surface area contributed by atoms with E-state index < -0.39 is 10.0 Å². The lowest BCUT2D eigenvalue weighted by Gasteiger charge is -2.07. The standard InChI is InChI=1S/C21H22N4O4S/c1-3-13-22-30(27,28)15-16-4-6-17(7-5-16)23-21(26)20-12-14-25(24-20)18-8-10-19(29-2)11-9-18/h3-12,14,22H,1,13,15H2,2H3,(H,23,26). The van der Waals surface area contributed by atoms with E-state index in [9.17, 15) is 13.2 Å². The molecular formula is C21H22N4O4S. The molecule has 156 valence electrons. The van der Waals surface area contributed by atoms with E-state index in [1.165, 1.54) is 6.08 Å². The zero-order valence-electron chi connectivity index (χ0n) is 16.4. The van der Waals surface area contributed by atoms with Gasteiger partial charge in [-0.05, 0) is 48.0 Å². The van der Waals surface area contributed by atoms with Crippen molar-refractivity contribution in [2.24, 2.45) is 0 Å². The van der Waals surface area contributed by atoms with Crippen molar-refractivity contribution in [2.45, 2.75) is 5.75 Å². The quantitative estimate of drug-likeness (QED) is 0.512. The van der Waals surface area contributed by atoms with Crippen molar-refractivity contribution < 1.29 is 17.9 Å². The van der Waals surface area contributed by atoms with E-state index in [2.05, 4.69) is 21.7 Å². The molecule has 0 aliphatic heterocycles. The third kappa shape index (κ3) is 5.56. The molecule has 0 aliphatic carbocycles. The lowest BCUT2D eigenvalue weighted by molar-refractivity contribution is 0.102. The molecule has 0 saturated carbocycles. The first-order chi connectivity index (χ1) is 14.4. The highest BCUT2D eigenvalue weighted by molar-refractivity contribution is 7.88. The van der Waals surface area contributed by atoms with Gasteiger partial charge in [0.2, 0.25) is 10.0 Å². The normalized spacial score (nSPS) is 11.1. The predicted octanol–water partition coefficient (Wildman–Crippen LogP) is 2.74. The summed E-state index contributed by atoms with van der Waals surface area (Å²) >= 11 is 0. The van der Waals surface area contributed by atoms with E-state index in [4.69, 9.17) is 4.74 Å². The largest absolute Gasteiger partial charge is 0.497 e. The van der Waals surface area contributed by atoms with E-state index in [1.807, 2.05) is 24.3 Å². The summed E-state index contributed by atoms with van der Waals surface area (Å²) in [5.41, 5.74) is 2.20. The Labute approximate surface area is 175 Å². The van der Waals surface area contributed by atoms with Gasteiger partial charge in [-0.1, -0.05) is 18.2 Å². The Morgan fingerprint density at radius 2 is 1.83 bits per heavy atom. The first kappa shape index (κ1) is 21.3. The van der Waals surface area contributed by atoms with E-state index in [1.54, 1.807) is 48.3 Å². The Bertz CT molecular complexity index is 1120. The maximum atomic E-state index is 12.5. The summed E-state index contributed by atoms with van der Waals surface area (Å²) in [4.78, 5) is 12.5. The summed E-state index contributed by atoms with van der Waals surface area (Å²) in [5, 5.41) is 7.05. The molecule has 2 aromatic carbocycles. The SMILES string of the molecule is C=CCNS(=O)(=O)Cc1ccc(NC(=O)c2ccn(-c3ccc(OC)cc3)n2)cc1. The van der Waals surface area contributed by atoms with Crippen molar-refractivity contribution in [3.05, 3.63) is 84.7 Å². The first-order valence-corrected chi connectivity index (χ1v) is 10.7. The van der Waals surface area contributed by atoms with Gasteiger partial charge >= 0.3 is 0 Å². The number of nitrogens with one attached hydrogen (secondary N) is 2. The molecular weight excluding hydrogens is 404 g/mol. The van der Waals surface area contributed by atoms with Gasteiger partial charge in [-0.25, -0.2) is 17.8 Å². The average molecular weight is 426 g/mol. The van der Waals surface area contributed by atoms with Crippen molar-refractivity contribution >= 4 is 21.6 Å². The number of benzene rings is 2. The molecule has 0 atom stereocenters. The number of rotatable bonds is 9. The van der Waals surface area contributed by atoms with Gasteiger partial charge in [0.15, 0.2) is 5.69 Å². The molecule has 0 bridgehead atoms. The van der Waals surface area contributed by atoms with Gasteiger partial charge in [0, 0.05) is 18.4 Å². The van der Waals surface area contributed by atoms with Crippen LogP contribution in [-0.2, 0) is 15.8 Å². The number of methoxy groups -OCH3 is 1. The molecule has 1 aromatic heterocycles. The highest BCUT2D eigenvalue weighted by Crippen LogP contribution is 2.16. The number of aromatic nitrogens is 2. The van der Waals surface area contributed by atoms with Crippen LogP contribution in [0.25, 0.3) is 5.69 Å². The number of carbonyl (C=O) groups excluding carboxylic acids is 1. The number of sulfonamides is 1. The van der Waals surface area contributed by atoms with Gasteiger partial charge in [-0.2, -0.15) is 5.10 Å². The highest BCUT2D eigenvalue weighted by atomic mass is 32.2. The molecule has 3 aromatic rings. The zero-order valence-corrected chi connectivity index (χ0v) is 17.2. The molecule has 9 heteroatoms. The summed E-state index contributed by atoms with van der Waals surface area (Å²) in [7, 11) is -1.84. The van der Waals surface area contributed by atoms with Crippen LogP contribution in [0.2, 0.25) is 0 Å². The van der Waals surface area contributed by atoms with Crippen molar-refractivity contribution in [3.8, 4) is 11.4 Å². The van der Waals surface area contributed by atoms with Crippen LogP contribution in [0.15, 0.2) is 73.4 Å². The van der Waals surface area contributed by atoms with Crippen LogP contribution in [0, 0.1) is 0 Å². The molecule has 8 nitrogen and oxygen atoms in total.